The van der Waals surface area contributed by atoms with Gasteiger partial charge in [-0.3, -0.25) is 4.79 Å². The summed E-state index contributed by atoms with van der Waals surface area (Å²) in [4.78, 5) is 11.1. The van der Waals surface area contributed by atoms with E-state index in [0.29, 0.717) is 0 Å². The Bertz CT molecular complexity index is 386. The Labute approximate surface area is 102 Å². The molecule has 0 saturated heterocycles. The summed E-state index contributed by atoms with van der Waals surface area (Å²) >= 11 is 0. The molecule has 1 aromatic rings. The highest BCUT2D eigenvalue weighted by Gasteiger charge is 2.22. The Hall–Kier alpha value is -1.35. The van der Waals surface area contributed by atoms with Gasteiger partial charge in [0.15, 0.2) is 5.78 Å². The molecule has 0 bridgehead atoms. The van der Waals surface area contributed by atoms with Crippen LogP contribution in [0.2, 0.25) is 0 Å². The van der Waals surface area contributed by atoms with Crippen molar-refractivity contribution in [2.24, 2.45) is 0 Å². The fraction of sp³-hybridized carbons (Fsp3) is 0.500. The van der Waals surface area contributed by atoms with E-state index in [2.05, 4.69) is 5.32 Å². The molecule has 0 spiro atoms. The van der Waals surface area contributed by atoms with Crippen molar-refractivity contribution in [3.8, 4) is 0 Å². The minimum atomic E-state index is -0.253. The predicted molar refractivity (Wildman–Crippen MR) is 68.3 cm³/mol. The van der Waals surface area contributed by atoms with Crippen molar-refractivity contribution in [3.05, 3.63) is 29.8 Å². The van der Waals surface area contributed by atoms with Crippen LogP contribution in [-0.2, 0) is 0 Å². The molecule has 0 amide bonds. The monoisotopic (exact) mass is 233 g/mol. The smallest absolute Gasteiger partial charge is 0.159 e. The lowest BCUT2D eigenvalue weighted by Crippen LogP contribution is -2.36. The van der Waals surface area contributed by atoms with E-state index in [1.807, 2.05) is 24.3 Å². The maximum absolute atomic E-state index is 11.1. The number of hydrogen-bond acceptors (Lipinski definition) is 3. The molecule has 2 atom stereocenters. The summed E-state index contributed by atoms with van der Waals surface area (Å²) in [7, 11) is 0. The van der Waals surface area contributed by atoms with Gasteiger partial charge in [-0.25, -0.2) is 0 Å². The lowest BCUT2D eigenvalue weighted by molar-refractivity contribution is 0.101. The summed E-state index contributed by atoms with van der Waals surface area (Å²) in [5.74, 6) is 0.0780. The number of aliphatic hydroxyl groups excluding tert-OH is 1. The zero-order chi connectivity index (χ0) is 12.3. The van der Waals surface area contributed by atoms with Gasteiger partial charge in [-0.05, 0) is 44.0 Å². The van der Waals surface area contributed by atoms with Crippen molar-refractivity contribution in [2.75, 3.05) is 5.32 Å². The number of hydrogen-bond donors (Lipinski definition) is 2. The highest BCUT2D eigenvalue weighted by Crippen LogP contribution is 2.22. The summed E-state index contributed by atoms with van der Waals surface area (Å²) < 4.78 is 0. The molecule has 0 heterocycles. The molecule has 2 unspecified atom stereocenters. The van der Waals surface area contributed by atoms with Gasteiger partial charge in [0.1, 0.15) is 0 Å². The first-order valence-corrected chi connectivity index (χ1v) is 6.22. The van der Waals surface area contributed by atoms with Crippen molar-refractivity contribution < 1.29 is 9.90 Å². The third-order valence-electron chi connectivity index (χ3n) is 3.37. The molecule has 3 heteroatoms. The zero-order valence-electron chi connectivity index (χ0n) is 10.1. The van der Waals surface area contributed by atoms with Crippen molar-refractivity contribution in [2.45, 2.75) is 44.8 Å². The van der Waals surface area contributed by atoms with Crippen LogP contribution in [0.5, 0.6) is 0 Å². The number of nitrogens with one attached hydrogen (secondary N) is 1. The van der Waals surface area contributed by atoms with Gasteiger partial charge in [-0.2, -0.15) is 0 Å². The van der Waals surface area contributed by atoms with E-state index < -0.39 is 0 Å². The van der Waals surface area contributed by atoms with E-state index >= 15 is 0 Å². The molecule has 17 heavy (non-hydrogen) atoms. The summed E-state index contributed by atoms with van der Waals surface area (Å²) in [5, 5.41) is 13.2. The second kappa shape index (κ2) is 5.32. The molecule has 1 aromatic carbocycles. The quantitative estimate of drug-likeness (QED) is 0.789. The Morgan fingerprint density at radius 3 is 2.47 bits per heavy atom. The number of Topliss-reactive ketones (excluding diaryl/α,β-unsaturated/α-hetero) is 1. The second-order valence-electron chi connectivity index (χ2n) is 4.74. The first-order chi connectivity index (χ1) is 8.16. The van der Waals surface area contributed by atoms with Gasteiger partial charge in [0.25, 0.3) is 0 Å². The maximum atomic E-state index is 11.1. The molecule has 1 fully saturated rings. The number of carbonyl (C=O) groups excluding carboxylic acids is 1. The Kier molecular flexibility index (Phi) is 3.79. The van der Waals surface area contributed by atoms with E-state index in [1.165, 1.54) is 6.42 Å². The molecule has 1 aliphatic rings. The van der Waals surface area contributed by atoms with Crippen LogP contribution in [0.4, 0.5) is 5.69 Å². The minimum absolute atomic E-state index is 0.0780. The number of aliphatic hydroxyl groups is 1. The third kappa shape index (κ3) is 3.07. The van der Waals surface area contributed by atoms with Gasteiger partial charge in [0.2, 0.25) is 0 Å². The molecule has 1 saturated carbocycles. The lowest BCUT2D eigenvalue weighted by Gasteiger charge is -2.29. The summed E-state index contributed by atoms with van der Waals surface area (Å²) in [5.41, 5.74) is 1.70. The van der Waals surface area contributed by atoms with Gasteiger partial charge in [0, 0.05) is 11.3 Å². The van der Waals surface area contributed by atoms with E-state index in [1.54, 1.807) is 6.92 Å². The SMILES string of the molecule is CC(=O)c1ccc(NC2CCCCC2O)cc1. The molecule has 2 N–H and O–H groups in total. The predicted octanol–water partition coefficient (Wildman–Crippen LogP) is 2.60. The second-order valence-corrected chi connectivity index (χ2v) is 4.74. The number of anilines is 1. The van der Waals surface area contributed by atoms with E-state index in [0.717, 1.165) is 30.5 Å². The first kappa shape index (κ1) is 12.1. The number of ketones is 1. The first-order valence-electron chi connectivity index (χ1n) is 6.22. The molecule has 0 radical (unpaired) electrons. The van der Waals surface area contributed by atoms with Crippen molar-refractivity contribution >= 4 is 11.5 Å². The van der Waals surface area contributed by atoms with Crippen LogP contribution in [0.1, 0.15) is 43.0 Å². The molecule has 92 valence electrons. The molecule has 0 aromatic heterocycles. The molecule has 2 rings (SSSR count). The van der Waals surface area contributed by atoms with E-state index in [4.69, 9.17) is 0 Å². The average molecular weight is 233 g/mol. The van der Waals surface area contributed by atoms with Crippen molar-refractivity contribution in [1.82, 2.24) is 0 Å². The largest absolute Gasteiger partial charge is 0.391 e. The van der Waals surface area contributed by atoms with E-state index in [-0.39, 0.29) is 17.9 Å². The zero-order valence-corrected chi connectivity index (χ0v) is 10.1. The minimum Gasteiger partial charge on any atom is -0.391 e. The number of rotatable bonds is 3. The number of benzene rings is 1. The van der Waals surface area contributed by atoms with Gasteiger partial charge >= 0.3 is 0 Å². The van der Waals surface area contributed by atoms with Crippen LogP contribution >= 0.6 is 0 Å². The van der Waals surface area contributed by atoms with Gasteiger partial charge in [-0.1, -0.05) is 12.8 Å². The molecule has 0 aliphatic heterocycles. The number of carbonyl (C=O) groups is 1. The topological polar surface area (TPSA) is 49.3 Å². The summed E-state index contributed by atoms with van der Waals surface area (Å²) in [6.45, 7) is 1.56. The van der Waals surface area contributed by atoms with Crippen LogP contribution in [0, 0.1) is 0 Å². The van der Waals surface area contributed by atoms with Crippen LogP contribution in [0.3, 0.4) is 0 Å². The van der Waals surface area contributed by atoms with E-state index in [9.17, 15) is 9.90 Å². The molecule has 1 aliphatic carbocycles. The van der Waals surface area contributed by atoms with Gasteiger partial charge in [-0.15, -0.1) is 0 Å². The fourth-order valence-electron chi connectivity index (χ4n) is 2.29. The van der Waals surface area contributed by atoms with Crippen LogP contribution < -0.4 is 5.32 Å². The van der Waals surface area contributed by atoms with Crippen LogP contribution in [-0.4, -0.2) is 23.0 Å². The Morgan fingerprint density at radius 1 is 1.24 bits per heavy atom. The lowest BCUT2D eigenvalue weighted by atomic mass is 9.92. The fourth-order valence-corrected chi connectivity index (χ4v) is 2.29. The van der Waals surface area contributed by atoms with Crippen LogP contribution in [0.15, 0.2) is 24.3 Å². The van der Waals surface area contributed by atoms with Gasteiger partial charge < -0.3 is 10.4 Å². The average Bonchev–Trinajstić information content (AvgIpc) is 2.33. The Balaban J connectivity index is 2.00. The molecule has 3 nitrogen and oxygen atoms in total. The summed E-state index contributed by atoms with van der Waals surface area (Å²) in [6.07, 6.45) is 3.91. The highest BCUT2D eigenvalue weighted by atomic mass is 16.3. The van der Waals surface area contributed by atoms with Crippen molar-refractivity contribution in [3.63, 3.8) is 0 Å². The molecular formula is C14H19NO2. The van der Waals surface area contributed by atoms with Gasteiger partial charge in [0.05, 0.1) is 12.1 Å². The molecular weight excluding hydrogens is 214 g/mol. The third-order valence-corrected chi connectivity index (χ3v) is 3.37. The Morgan fingerprint density at radius 2 is 1.88 bits per heavy atom. The maximum Gasteiger partial charge on any atom is 0.159 e. The normalized spacial score (nSPS) is 24.4. The summed E-state index contributed by atoms with van der Waals surface area (Å²) in [6, 6.07) is 7.59. The standard InChI is InChI=1S/C14H19NO2/c1-10(16)11-6-8-12(9-7-11)15-13-4-2-3-5-14(13)17/h6-9,13-15,17H,2-5H2,1H3. The van der Waals surface area contributed by atoms with Crippen molar-refractivity contribution in [1.29, 1.82) is 0 Å². The highest BCUT2D eigenvalue weighted by molar-refractivity contribution is 5.94. The van der Waals surface area contributed by atoms with Crippen LogP contribution in [0.25, 0.3) is 0 Å².